The maximum Gasteiger partial charge on any atom is 0.350 e. The molecule has 0 heterocycles. The second kappa shape index (κ2) is 12.0. The highest BCUT2D eigenvalue weighted by molar-refractivity contribution is 7.56. The first-order chi connectivity index (χ1) is 14.0. The minimum absolute atomic E-state index is 0.140. The van der Waals surface area contributed by atoms with Crippen molar-refractivity contribution in [2.45, 2.75) is 45.7 Å². The minimum atomic E-state index is -3.92. The number of nitrogens with zero attached hydrogens (tertiary/aromatic N) is 2. The van der Waals surface area contributed by atoms with E-state index in [1.54, 1.807) is 0 Å². The lowest BCUT2D eigenvalue weighted by Crippen LogP contribution is -2.24. The molecule has 2 N–H and O–H groups in total. The van der Waals surface area contributed by atoms with Crippen LogP contribution in [0.25, 0.3) is 0 Å². The van der Waals surface area contributed by atoms with Crippen LogP contribution in [0.3, 0.4) is 0 Å². The molecule has 0 saturated carbocycles. The van der Waals surface area contributed by atoms with Crippen molar-refractivity contribution in [3.8, 4) is 0 Å². The molecule has 2 rings (SSSR count). The van der Waals surface area contributed by atoms with Crippen LogP contribution in [0.4, 0.5) is 0 Å². The van der Waals surface area contributed by atoms with Crippen molar-refractivity contribution in [2.24, 2.45) is 4.95 Å². The van der Waals surface area contributed by atoms with Gasteiger partial charge in [0.2, 0.25) is 0 Å². The van der Waals surface area contributed by atoms with Crippen LogP contribution in [0.15, 0.2) is 53.5 Å². The monoisotopic (exact) mass is 418 g/mol. The highest BCUT2D eigenvalue weighted by atomic mass is 31.2. The zero-order valence-electron chi connectivity index (χ0n) is 17.0. The van der Waals surface area contributed by atoms with Crippen molar-refractivity contribution >= 4 is 7.52 Å². The maximum atomic E-state index is 11.5. The summed E-state index contributed by atoms with van der Waals surface area (Å²) in [4.78, 5) is 24.4. The number of aryl methyl sites for hydroxylation is 2. The number of aliphatic hydroxyl groups excluding tert-OH is 1. The Morgan fingerprint density at radius 3 is 2.03 bits per heavy atom. The van der Waals surface area contributed by atoms with Crippen molar-refractivity contribution < 1.29 is 14.6 Å². The van der Waals surface area contributed by atoms with Crippen molar-refractivity contribution in [1.29, 1.82) is 0 Å². The molecule has 0 aliphatic heterocycles. The van der Waals surface area contributed by atoms with E-state index >= 15 is 0 Å². The number of rotatable bonds is 13. The molecule has 0 amide bonds. The quantitative estimate of drug-likeness (QED) is 0.369. The molecule has 158 valence electrons. The number of hydrogen-bond acceptors (Lipinski definition) is 4. The van der Waals surface area contributed by atoms with Gasteiger partial charge in [0.1, 0.15) is 0 Å². The van der Waals surface area contributed by atoms with Crippen molar-refractivity contribution in [3.05, 3.63) is 75.7 Å². The Labute approximate surface area is 173 Å². The van der Waals surface area contributed by atoms with E-state index in [1.807, 2.05) is 24.3 Å². The van der Waals surface area contributed by atoms with Gasteiger partial charge in [-0.1, -0.05) is 61.9 Å². The van der Waals surface area contributed by atoms with E-state index in [4.69, 9.17) is 0 Å². The predicted molar refractivity (Wildman–Crippen MR) is 117 cm³/mol. The molecule has 6 nitrogen and oxygen atoms in total. The predicted octanol–water partition coefficient (Wildman–Crippen LogP) is 4.52. The smallest absolute Gasteiger partial charge is 0.350 e. The molecule has 0 bridgehead atoms. The molecular weight excluding hydrogens is 387 g/mol. The van der Waals surface area contributed by atoms with Crippen LogP contribution in [-0.4, -0.2) is 34.2 Å². The van der Waals surface area contributed by atoms with Gasteiger partial charge in [-0.2, -0.15) is 0 Å². The minimum Gasteiger partial charge on any atom is -0.396 e. The number of benzene rings is 2. The second-order valence-corrected chi connectivity index (χ2v) is 9.34. The summed E-state index contributed by atoms with van der Waals surface area (Å²) in [5.74, 6) is 0. The van der Waals surface area contributed by atoms with E-state index in [-0.39, 0.29) is 12.8 Å². The van der Waals surface area contributed by atoms with E-state index in [0.717, 1.165) is 37.1 Å². The molecule has 0 aliphatic rings. The normalized spacial score (nSPS) is 13.4. The largest absolute Gasteiger partial charge is 0.396 e. The average Bonchev–Trinajstić information content (AvgIpc) is 2.71. The fourth-order valence-corrected chi connectivity index (χ4v) is 4.03. The first-order valence-corrected chi connectivity index (χ1v) is 11.9. The lowest BCUT2D eigenvalue weighted by Gasteiger charge is -2.23. The van der Waals surface area contributed by atoms with Crippen LogP contribution in [0.5, 0.6) is 0 Å². The molecule has 7 heteroatoms. The maximum absolute atomic E-state index is 11.5. The number of nitroso groups, excluding NO2 is 1. The van der Waals surface area contributed by atoms with Gasteiger partial charge >= 0.3 is 7.52 Å². The molecular formula is C22H31N2O4P. The van der Waals surface area contributed by atoms with Crippen LogP contribution in [-0.2, 0) is 30.5 Å². The van der Waals surface area contributed by atoms with E-state index in [1.165, 1.54) is 11.1 Å². The van der Waals surface area contributed by atoms with Crippen molar-refractivity contribution in [2.75, 3.05) is 19.3 Å². The molecule has 2 aromatic carbocycles. The van der Waals surface area contributed by atoms with Gasteiger partial charge in [-0.3, -0.25) is 9.46 Å². The molecule has 0 spiro atoms. The molecule has 0 aromatic heterocycles. The van der Waals surface area contributed by atoms with Gasteiger partial charge in [-0.25, -0.2) is 0 Å². The average molecular weight is 418 g/mol. The zero-order chi connectivity index (χ0) is 21.1. The first-order valence-electron chi connectivity index (χ1n) is 10.1. The Kier molecular flexibility index (Phi) is 9.68. The Morgan fingerprint density at radius 2 is 1.52 bits per heavy atom. The fourth-order valence-electron chi connectivity index (χ4n) is 3.40. The second-order valence-electron chi connectivity index (χ2n) is 7.40. The Hall–Kier alpha value is -1.85. The number of aliphatic hydroxyl groups is 1. The first kappa shape index (κ1) is 23.4. The molecule has 2 aromatic rings. The summed E-state index contributed by atoms with van der Waals surface area (Å²) in [6, 6.07) is 16.5. The van der Waals surface area contributed by atoms with E-state index in [0.29, 0.717) is 19.4 Å². The third kappa shape index (κ3) is 8.58. The summed E-state index contributed by atoms with van der Waals surface area (Å²) in [6.07, 6.45) is 3.08. The van der Waals surface area contributed by atoms with Gasteiger partial charge in [0, 0.05) is 31.2 Å². The van der Waals surface area contributed by atoms with Crippen molar-refractivity contribution in [1.82, 2.24) is 4.90 Å². The summed E-state index contributed by atoms with van der Waals surface area (Å²) in [6.45, 7) is 4.61. The summed E-state index contributed by atoms with van der Waals surface area (Å²) in [7, 11) is -3.92. The fraction of sp³-hybridized carbons (Fsp3) is 0.455. The number of hydrogen-bond donors (Lipinski definition) is 2. The zero-order valence-corrected chi connectivity index (χ0v) is 17.9. The van der Waals surface area contributed by atoms with Gasteiger partial charge in [0.25, 0.3) is 0 Å². The van der Waals surface area contributed by atoms with Gasteiger partial charge in [0.05, 0.1) is 6.16 Å². The molecule has 0 fully saturated rings. The molecule has 0 radical (unpaired) electrons. The van der Waals surface area contributed by atoms with E-state index in [9.17, 15) is 19.5 Å². The Balaban J connectivity index is 2.07. The van der Waals surface area contributed by atoms with Gasteiger partial charge in [-0.15, -0.1) is 4.91 Å². The van der Waals surface area contributed by atoms with Crippen LogP contribution >= 0.6 is 7.52 Å². The summed E-state index contributed by atoms with van der Waals surface area (Å²) < 4.78 is 11.5. The van der Waals surface area contributed by atoms with Crippen LogP contribution in [0, 0.1) is 4.91 Å². The standard InChI is InChI=1S/C22H31N2O4P/c1-2-6-19-7-3-9-21(15-19)17-24(12-5-13-25)18-22-10-4-8-20(16-22)11-14-29(27,28)23-26/h3-4,7-10,15-16,25H,2,5-6,11-14,17-18H2,1H3,(H,27,28). The summed E-state index contributed by atoms with van der Waals surface area (Å²) in [5.41, 5.74) is 4.60. The molecule has 1 unspecified atom stereocenters. The lowest BCUT2D eigenvalue weighted by atomic mass is 10.1. The SMILES string of the molecule is CCCc1cccc(CN(CCCO)Cc2cccc(CCP(=O)(O)N=O)c2)c1. The Morgan fingerprint density at radius 1 is 0.966 bits per heavy atom. The topological polar surface area (TPSA) is 90.2 Å². The highest BCUT2D eigenvalue weighted by Crippen LogP contribution is 2.42. The highest BCUT2D eigenvalue weighted by Gasteiger charge is 2.18. The summed E-state index contributed by atoms with van der Waals surface area (Å²) >= 11 is 0. The summed E-state index contributed by atoms with van der Waals surface area (Å²) in [5, 5.41) is 9.26. The molecule has 0 saturated heterocycles. The lowest BCUT2D eigenvalue weighted by molar-refractivity contribution is 0.212. The van der Waals surface area contributed by atoms with Gasteiger partial charge in [0.15, 0.2) is 0 Å². The van der Waals surface area contributed by atoms with Crippen LogP contribution in [0.2, 0.25) is 0 Å². The van der Waals surface area contributed by atoms with Gasteiger partial charge < -0.3 is 10.00 Å². The Bertz CT molecular complexity index is 828. The van der Waals surface area contributed by atoms with Crippen LogP contribution in [0.1, 0.15) is 42.0 Å². The molecule has 0 aliphatic carbocycles. The molecule has 29 heavy (non-hydrogen) atoms. The van der Waals surface area contributed by atoms with Gasteiger partial charge in [-0.05, 0) is 41.5 Å². The van der Waals surface area contributed by atoms with E-state index < -0.39 is 7.52 Å². The third-order valence-electron chi connectivity index (χ3n) is 4.79. The third-order valence-corrected chi connectivity index (χ3v) is 5.85. The molecule has 1 atom stereocenters. The van der Waals surface area contributed by atoms with E-state index in [2.05, 4.69) is 41.0 Å². The van der Waals surface area contributed by atoms with Crippen LogP contribution < -0.4 is 0 Å². The van der Waals surface area contributed by atoms with Crippen molar-refractivity contribution in [3.63, 3.8) is 0 Å².